The number of hydrogen-bond donors (Lipinski definition) is 1. The van der Waals surface area contributed by atoms with E-state index in [1.807, 2.05) is 4.90 Å². The molecule has 29 heavy (non-hydrogen) atoms. The molecule has 6 heteroatoms. The Morgan fingerprint density at radius 1 is 1.24 bits per heavy atom. The molecular formula is C23H32FN3OS. The molecule has 0 unspecified atom stereocenters. The lowest BCUT2D eigenvalue weighted by atomic mass is 9.79. The molecule has 4 nitrogen and oxygen atoms in total. The third kappa shape index (κ3) is 5.23. The lowest BCUT2D eigenvalue weighted by molar-refractivity contribution is 0.0437. The van der Waals surface area contributed by atoms with E-state index in [9.17, 15) is 9.18 Å². The number of carbonyl (C=O) groups excluding carboxylic acids is 1. The molecule has 3 rings (SSSR count). The van der Waals surface area contributed by atoms with Gasteiger partial charge in [0, 0.05) is 34.6 Å². The minimum atomic E-state index is -0.314. The third-order valence-electron chi connectivity index (χ3n) is 5.45. The fourth-order valence-corrected chi connectivity index (χ4v) is 5.36. The summed E-state index contributed by atoms with van der Waals surface area (Å²) in [5, 5.41) is 6.00. The highest BCUT2D eigenvalue weighted by molar-refractivity contribution is 7.13. The van der Waals surface area contributed by atoms with Crippen LogP contribution in [0.25, 0.3) is 10.6 Å². The number of aromatic nitrogens is 1. The average molecular weight is 418 g/mol. The standard InChI is InChI=1S/C23H32FN3OS/c1-6-7-12-27(16-13-22(2,3)26-23(4,5)14-16)21(28)19-15-29-20(25-19)17-10-8-9-11-18(17)24/h8-11,15-16,26H,6-7,12-14H2,1-5H3. The van der Waals surface area contributed by atoms with E-state index in [0.29, 0.717) is 16.3 Å². The average Bonchev–Trinajstić information content (AvgIpc) is 3.09. The Labute approximate surface area is 177 Å². The molecular weight excluding hydrogens is 385 g/mol. The molecule has 0 aliphatic carbocycles. The molecule has 2 heterocycles. The first-order valence-corrected chi connectivity index (χ1v) is 11.3. The van der Waals surface area contributed by atoms with Crippen LogP contribution in [0.15, 0.2) is 29.6 Å². The lowest BCUT2D eigenvalue weighted by Gasteiger charge is -2.49. The molecule has 1 aliphatic rings. The largest absolute Gasteiger partial charge is 0.334 e. The predicted octanol–water partition coefficient (Wildman–Crippen LogP) is 5.50. The second-order valence-electron chi connectivity index (χ2n) is 9.32. The van der Waals surface area contributed by atoms with Crippen LogP contribution in [0.1, 0.15) is 70.8 Å². The number of carbonyl (C=O) groups is 1. The van der Waals surface area contributed by atoms with Gasteiger partial charge in [0.15, 0.2) is 0 Å². The van der Waals surface area contributed by atoms with E-state index in [4.69, 9.17) is 0 Å². The lowest BCUT2D eigenvalue weighted by Crippen LogP contribution is -2.62. The molecule has 0 bridgehead atoms. The van der Waals surface area contributed by atoms with Crippen molar-refractivity contribution in [2.45, 2.75) is 77.4 Å². The van der Waals surface area contributed by atoms with Gasteiger partial charge in [-0.25, -0.2) is 9.37 Å². The molecule has 1 fully saturated rings. The van der Waals surface area contributed by atoms with E-state index in [1.165, 1.54) is 17.4 Å². The maximum atomic E-state index is 14.1. The van der Waals surface area contributed by atoms with Crippen LogP contribution in [0.5, 0.6) is 0 Å². The topological polar surface area (TPSA) is 45.2 Å². The summed E-state index contributed by atoms with van der Waals surface area (Å²) in [7, 11) is 0. The number of amides is 1. The van der Waals surface area contributed by atoms with Crippen LogP contribution >= 0.6 is 11.3 Å². The van der Waals surface area contributed by atoms with Crippen molar-refractivity contribution in [3.8, 4) is 10.6 Å². The summed E-state index contributed by atoms with van der Waals surface area (Å²) < 4.78 is 14.1. The van der Waals surface area contributed by atoms with Gasteiger partial charge in [-0.1, -0.05) is 25.5 Å². The van der Waals surface area contributed by atoms with Crippen LogP contribution in [0.2, 0.25) is 0 Å². The van der Waals surface area contributed by atoms with E-state index >= 15 is 0 Å². The second kappa shape index (κ2) is 8.52. The maximum absolute atomic E-state index is 14.1. The Balaban J connectivity index is 1.88. The van der Waals surface area contributed by atoms with Crippen molar-refractivity contribution in [3.05, 3.63) is 41.2 Å². The van der Waals surface area contributed by atoms with Gasteiger partial charge in [-0.2, -0.15) is 0 Å². The minimum Gasteiger partial charge on any atom is -0.334 e. The Morgan fingerprint density at radius 2 is 1.90 bits per heavy atom. The molecule has 0 atom stereocenters. The number of unbranched alkanes of at least 4 members (excludes halogenated alkanes) is 1. The van der Waals surface area contributed by atoms with Gasteiger partial charge >= 0.3 is 0 Å². The summed E-state index contributed by atoms with van der Waals surface area (Å²) >= 11 is 1.32. The van der Waals surface area contributed by atoms with Crippen LogP contribution in [-0.2, 0) is 0 Å². The second-order valence-corrected chi connectivity index (χ2v) is 10.2. The quantitative estimate of drug-likeness (QED) is 0.675. The fourth-order valence-electron chi connectivity index (χ4n) is 4.54. The van der Waals surface area contributed by atoms with Gasteiger partial charge in [0.1, 0.15) is 16.5 Å². The zero-order valence-electron chi connectivity index (χ0n) is 18.1. The number of halogens is 1. The number of hydrogen-bond acceptors (Lipinski definition) is 4. The van der Waals surface area contributed by atoms with Gasteiger partial charge < -0.3 is 10.2 Å². The van der Waals surface area contributed by atoms with E-state index < -0.39 is 0 Å². The fraction of sp³-hybridized carbons (Fsp3) is 0.565. The van der Waals surface area contributed by atoms with Gasteiger partial charge in [0.2, 0.25) is 0 Å². The summed E-state index contributed by atoms with van der Waals surface area (Å²) in [5.41, 5.74) is 0.772. The predicted molar refractivity (Wildman–Crippen MR) is 118 cm³/mol. The first kappa shape index (κ1) is 21.9. The SMILES string of the molecule is CCCCN(C(=O)c1csc(-c2ccccc2F)n1)C1CC(C)(C)NC(C)(C)C1. The van der Waals surface area contributed by atoms with E-state index in [2.05, 4.69) is 44.9 Å². The maximum Gasteiger partial charge on any atom is 0.273 e. The Morgan fingerprint density at radius 3 is 2.52 bits per heavy atom. The Kier molecular flexibility index (Phi) is 6.44. The molecule has 1 aromatic heterocycles. The van der Waals surface area contributed by atoms with Crippen LogP contribution < -0.4 is 5.32 Å². The smallest absolute Gasteiger partial charge is 0.273 e. The highest BCUT2D eigenvalue weighted by atomic mass is 32.1. The van der Waals surface area contributed by atoms with Crippen molar-refractivity contribution in [3.63, 3.8) is 0 Å². The molecule has 0 radical (unpaired) electrons. The van der Waals surface area contributed by atoms with E-state index in [-0.39, 0.29) is 28.8 Å². The summed E-state index contributed by atoms with van der Waals surface area (Å²) in [5.74, 6) is -0.360. The van der Waals surface area contributed by atoms with Crippen molar-refractivity contribution >= 4 is 17.2 Å². The molecule has 1 aliphatic heterocycles. The van der Waals surface area contributed by atoms with Crippen LogP contribution in [0.4, 0.5) is 4.39 Å². The van der Waals surface area contributed by atoms with Gasteiger partial charge in [0.25, 0.3) is 5.91 Å². The molecule has 1 amide bonds. The molecule has 1 N–H and O–H groups in total. The molecule has 0 saturated carbocycles. The molecule has 158 valence electrons. The summed E-state index contributed by atoms with van der Waals surface area (Å²) in [4.78, 5) is 20.0. The number of piperidine rings is 1. The number of nitrogens with one attached hydrogen (secondary N) is 1. The first-order valence-electron chi connectivity index (χ1n) is 10.4. The van der Waals surface area contributed by atoms with Crippen LogP contribution in [0.3, 0.4) is 0 Å². The molecule has 1 saturated heterocycles. The summed E-state index contributed by atoms with van der Waals surface area (Å²) in [6.07, 6.45) is 3.78. The monoisotopic (exact) mass is 417 g/mol. The van der Waals surface area contributed by atoms with E-state index in [1.54, 1.807) is 23.6 Å². The highest BCUT2D eigenvalue weighted by Crippen LogP contribution is 2.33. The number of rotatable bonds is 6. The molecule has 2 aromatic rings. The molecule has 1 aromatic carbocycles. The number of thiazole rings is 1. The van der Waals surface area contributed by atoms with E-state index in [0.717, 1.165) is 32.2 Å². The highest BCUT2D eigenvalue weighted by Gasteiger charge is 2.41. The molecule has 0 spiro atoms. The van der Waals surface area contributed by atoms with Crippen molar-refractivity contribution in [1.29, 1.82) is 0 Å². The van der Waals surface area contributed by atoms with Crippen molar-refractivity contribution in [2.24, 2.45) is 0 Å². The van der Waals surface area contributed by atoms with Crippen molar-refractivity contribution in [2.75, 3.05) is 6.54 Å². The Bertz CT molecular complexity index is 845. The van der Waals surface area contributed by atoms with Gasteiger partial charge in [0.05, 0.1) is 0 Å². The first-order chi connectivity index (χ1) is 13.6. The third-order valence-corrected chi connectivity index (χ3v) is 6.33. The number of benzene rings is 1. The van der Waals surface area contributed by atoms with Gasteiger partial charge in [-0.3, -0.25) is 4.79 Å². The number of nitrogens with zero attached hydrogens (tertiary/aromatic N) is 2. The normalized spacial score (nSPS) is 18.6. The summed E-state index contributed by atoms with van der Waals surface area (Å²) in [6, 6.07) is 6.72. The van der Waals surface area contributed by atoms with Crippen LogP contribution in [-0.4, -0.2) is 39.5 Å². The minimum absolute atomic E-state index is 0.0441. The van der Waals surface area contributed by atoms with Gasteiger partial charge in [-0.05, 0) is 59.1 Å². The Hall–Kier alpha value is -1.79. The van der Waals surface area contributed by atoms with Crippen molar-refractivity contribution < 1.29 is 9.18 Å². The summed E-state index contributed by atoms with van der Waals surface area (Å²) in [6.45, 7) is 11.6. The zero-order valence-corrected chi connectivity index (χ0v) is 18.9. The van der Waals surface area contributed by atoms with Crippen molar-refractivity contribution in [1.82, 2.24) is 15.2 Å². The van der Waals surface area contributed by atoms with Gasteiger partial charge in [-0.15, -0.1) is 11.3 Å². The van der Waals surface area contributed by atoms with Crippen LogP contribution in [0, 0.1) is 5.82 Å². The zero-order chi connectivity index (χ0) is 21.2.